The molecule has 0 radical (unpaired) electrons. The number of hydrogen-bond donors (Lipinski definition) is 10. The van der Waals surface area contributed by atoms with Crippen LogP contribution in [0.25, 0.3) is 0 Å². The van der Waals surface area contributed by atoms with Crippen LogP contribution in [-0.2, 0) is 87.5 Å². The van der Waals surface area contributed by atoms with Crippen molar-refractivity contribution in [1.82, 2.24) is 15.5 Å². The third kappa shape index (κ3) is 30.1. The Balaban J connectivity index is 0.000000172. The molecule has 0 saturated carbocycles. The summed E-state index contributed by atoms with van der Waals surface area (Å²) in [4.78, 5) is 71.1. The van der Waals surface area contributed by atoms with E-state index >= 15 is 0 Å². The minimum Gasteiger partial charge on any atom is -0.506 e. The van der Waals surface area contributed by atoms with Crippen LogP contribution >= 0.6 is 48.9 Å². The molecule has 13 rings (SSSR count). The summed E-state index contributed by atoms with van der Waals surface area (Å²) in [6, 6.07) is 20.0. The molecule has 123 heavy (non-hydrogen) atoms. The van der Waals surface area contributed by atoms with E-state index in [-0.39, 0.29) is 94.2 Å². The van der Waals surface area contributed by atoms with E-state index in [2.05, 4.69) is 37.2 Å². The normalized spacial score (nSPS) is 19.0. The first-order chi connectivity index (χ1) is 59.2. The van der Waals surface area contributed by atoms with Gasteiger partial charge in [-0.25, -0.2) is 9.18 Å². The second-order valence-corrected chi connectivity index (χ2v) is 33.6. The zero-order valence-electron chi connectivity index (χ0n) is 71.6. The molecular weight excluding hydrogens is 1660 g/mol. The maximum Gasteiger partial charge on any atom is 0.413 e. The molecule has 5 aromatic rings. The SMILES string of the molecule is CC(C)(C)NC(=S)Nc1cc2c(cc1O)N(CCOC1CCCCO1)C(=O)CCC2.CCOC(=O)NC(=S)Nc1cc2c(cc1OC)N(CCOC1CCCCO1)C(=O)CCC2.CN(C)C(=S)Nc1cc2c(cc1O)N(CCOC1CCCCO1)C(=O)CCC2.O=C1CCCc2cc(NC(=S)Nc3ccc(F)cc3)c(O)cc2N1CCOC1CCCCO1. The van der Waals surface area contributed by atoms with Gasteiger partial charge in [0.25, 0.3) is 0 Å². The van der Waals surface area contributed by atoms with Crippen molar-refractivity contribution in [3.05, 3.63) is 101 Å². The molecule has 8 aliphatic heterocycles. The number of carbonyl (C=O) groups excluding carboxylic acids is 5. The van der Waals surface area contributed by atoms with E-state index in [1.807, 2.05) is 65.2 Å². The molecule has 8 aliphatic rings. The maximum atomic E-state index is 13.1. The van der Waals surface area contributed by atoms with Gasteiger partial charge in [0.2, 0.25) is 23.6 Å². The Kier molecular flexibility index (Phi) is 37.9. The van der Waals surface area contributed by atoms with E-state index in [9.17, 15) is 43.7 Å². The Labute approximate surface area is 741 Å². The van der Waals surface area contributed by atoms with Crippen LogP contribution in [0.15, 0.2) is 72.8 Å². The van der Waals surface area contributed by atoms with Gasteiger partial charge in [-0.3, -0.25) is 24.5 Å². The third-order valence-electron chi connectivity index (χ3n) is 21.2. The molecule has 8 heterocycles. The lowest BCUT2D eigenvalue weighted by Gasteiger charge is -2.27. The number of aromatic hydroxyl groups is 3. The van der Waals surface area contributed by atoms with Crippen LogP contribution in [0.1, 0.15) is 178 Å². The summed E-state index contributed by atoms with van der Waals surface area (Å²) in [5, 5.41) is 53.8. The molecule has 35 heteroatoms. The Bertz CT molecular complexity index is 4410. The zero-order valence-corrected chi connectivity index (χ0v) is 74.9. The Morgan fingerprint density at radius 1 is 0.463 bits per heavy atom. The molecule has 4 atom stereocenters. The lowest BCUT2D eigenvalue weighted by Crippen LogP contribution is -2.43. The van der Waals surface area contributed by atoms with Gasteiger partial charge in [0.05, 0.1) is 85.6 Å². The number of anilines is 9. The van der Waals surface area contributed by atoms with Crippen LogP contribution in [0.5, 0.6) is 23.0 Å². The summed E-state index contributed by atoms with van der Waals surface area (Å²) in [6.07, 6.45) is 18.6. The standard InChI is InChI=1S/C24H28FN3O4S.C22H31N3O6S.C22H33N3O4S.C20H29N3O4S/c25-17-7-9-18(10-8-17)26-24(33)27-19-14-16-4-3-5-22(30)28(20(16)15-21(19)29)11-13-32-23-6-1-2-12-31-23;1-3-29-22(27)24-21(32)23-16-13-15-7-6-8-19(26)25(17(15)14-18(16)28-2)10-12-31-20-9-4-5-11-30-20;1-22(2,3)24-21(30)23-16-13-15-7-6-8-19(27)25(17(15)14-18(16)26)10-12-29-20-9-4-5-11-28-20;1-22(2)20(28)21-15-12-14-6-5-7-18(25)23(16(14)13-17(15)24)9-11-27-19-8-3-4-10-26-19/h7-10,14-15,23,29H,1-6,11-13H2,(H2,26,27,33);13-14,20H,3-12H2,1-2H3,(H2,23,24,27,32);13-14,20,26H,4-12H2,1-3H3,(H2,23,24,30);12-13,19,24H,3-11H2,1-2H3,(H,21,28). The van der Waals surface area contributed by atoms with Crippen LogP contribution in [0, 0.1) is 5.82 Å². The van der Waals surface area contributed by atoms with Crippen LogP contribution in [0.2, 0.25) is 0 Å². The topological polar surface area (TPSA) is 339 Å². The summed E-state index contributed by atoms with van der Waals surface area (Å²) < 4.78 is 69.2. The number of methoxy groups -OCH3 is 1. The first kappa shape index (κ1) is 96.2. The monoisotopic (exact) mass is 1780 g/mol. The number of fused-ring (bicyclic) bond motifs is 4. The number of hydrogen-bond acceptors (Lipinski definition) is 22. The van der Waals surface area contributed by atoms with E-state index in [1.54, 1.807) is 68.9 Å². The fourth-order valence-electron chi connectivity index (χ4n) is 15.1. The average Bonchev–Trinajstić information content (AvgIpc) is 1.79. The highest BCUT2D eigenvalue weighted by atomic mass is 32.1. The number of benzene rings is 5. The molecular formula is C88H121FN12O18S4. The molecule has 672 valence electrons. The van der Waals surface area contributed by atoms with Crippen LogP contribution in [0.4, 0.5) is 60.4 Å². The van der Waals surface area contributed by atoms with Gasteiger partial charge in [0.15, 0.2) is 45.6 Å². The molecule has 0 bridgehead atoms. The number of nitrogens with zero attached hydrogens (tertiary/aromatic N) is 5. The van der Waals surface area contributed by atoms with E-state index in [1.165, 1.54) is 12.1 Å². The molecule has 10 N–H and O–H groups in total. The lowest BCUT2D eigenvalue weighted by atomic mass is 10.1. The average molecular weight is 1780 g/mol. The first-order valence-electron chi connectivity index (χ1n) is 42.8. The minimum atomic E-state index is -0.627. The molecule has 4 saturated heterocycles. The van der Waals surface area contributed by atoms with Crippen molar-refractivity contribution < 1.29 is 91.1 Å². The summed E-state index contributed by atoms with van der Waals surface area (Å²) in [5.74, 6) is 0.444. The molecule has 4 fully saturated rings. The number of carbonyl (C=O) groups is 5. The Hall–Kier alpha value is -8.98. The number of aryl methyl sites for hydroxylation is 4. The van der Waals surface area contributed by atoms with Gasteiger partial charge < -0.3 is 119 Å². The zero-order chi connectivity index (χ0) is 88.0. The molecule has 5 amide bonds. The number of phenols is 3. The van der Waals surface area contributed by atoms with Gasteiger partial charge in [-0.15, -0.1) is 0 Å². The van der Waals surface area contributed by atoms with E-state index < -0.39 is 6.09 Å². The molecule has 0 spiro atoms. The number of alkyl carbamates (subject to hydrolysis) is 1. The van der Waals surface area contributed by atoms with Gasteiger partial charge >= 0.3 is 6.09 Å². The highest BCUT2D eigenvalue weighted by Crippen LogP contribution is 2.41. The number of rotatable bonds is 23. The first-order valence-corrected chi connectivity index (χ1v) is 44.4. The van der Waals surface area contributed by atoms with Crippen LogP contribution < -0.4 is 61.6 Å². The van der Waals surface area contributed by atoms with Gasteiger partial charge in [-0.1, -0.05) is 0 Å². The molecule has 0 aromatic heterocycles. The van der Waals surface area contributed by atoms with Crippen molar-refractivity contribution in [3.8, 4) is 23.0 Å². The van der Waals surface area contributed by atoms with Crippen LogP contribution in [0.3, 0.4) is 0 Å². The van der Waals surface area contributed by atoms with E-state index in [4.69, 9.17) is 96.2 Å². The fourth-order valence-corrected chi connectivity index (χ4v) is 16.0. The van der Waals surface area contributed by atoms with Crippen molar-refractivity contribution in [2.45, 2.75) is 212 Å². The lowest BCUT2D eigenvalue weighted by molar-refractivity contribution is -0.161. The van der Waals surface area contributed by atoms with Gasteiger partial charge in [-0.05, 0) is 276 Å². The predicted molar refractivity (Wildman–Crippen MR) is 488 cm³/mol. The molecule has 5 aromatic carbocycles. The number of amides is 5. The number of nitrogens with one attached hydrogen (secondary N) is 7. The summed E-state index contributed by atoms with van der Waals surface area (Å²) in [7, 11) is 5.22. The summed E-state index contributed by atoms with van der Waals surface area (Å²) >= 11 is 21.2. The van der Waals surface area contributed by atoms with Gasteiger partial charge in [-0.2, -0.15) is 0 Å². The second-order valence-electron chi connectivity index (χ2n) is 32.0. The Morgan fingerprint density at radius 2 is 0.805 bits per heavy atom. The third-order valence-corrected chi connectivity index (χ3v) is 22.3. The van der Waals surface area contributed by atoms with E-state index in [0.29, 0.717) is 141 Å². The molecule has 0 aliphatic carbocycles. The highest BCUT2D eigenvalue weighted by Gasteiger charge is 2.32. The number of ether oxygens (including phenoxy) is 10. The fraction of sp³-hybridized carbons (Fsp3) is 0.557. The van der Waals surface area contributed by atoms with Crippen molar-refractivity contribution >= 4 is 150 Å². The number of phenolic OH excluding ortho intramolecular Hbond substituents is 3. The summed E-state index contributed by atoms with van der Waals surface area (Å²) in [5.41, 5.74) is 9.51. The van der Waals surface area contributed by atoms with Gasteiger partial charge in [0, 0.05) is 128 Å². The number of thiocarbonyl (C=S) groups is 4. The predicted octanol–water partition coefficient (Wildman–Crippen LogP) is 14.5. The highest BCUT2D eigenvalue weighted by molar-refractivity contribution is 7.81. The quantitative estimate of drug-likeness (QED) is 0.0214. The van der Waals surface area contributed by atoms with Crippen molar-refractivity contribution in [2.75, 3.05) is 153 Å². The number of halogens is 1. The Morgan fingerprint density at radius 3 is 1.14 bits per heavy atom. The molecule has 30 nitrogen and oxygen atoms in total. The van der Waals surface area contributed by atoms with Crippen molar-refractivity contribution in [3.63, 3.8) is 0 Å². The second kappa shape index (κ2) is 48.5. The van der Waals surface area contributed by atoms with Crippen molar-refractivity contribution in [1.29, 1.82) is 0 Å². The van der Waals surface area contributed by atoms with Gasteiger partial charge in [0.1, 0.15) is 28.8 Å². The minimum absolute atomic E-state index is 0.00974. The maximum absolute atomic E-state index is 13.1. The molecule has 4 unspecified atom stereocenters. The van der Waals surface area contributed by atoms with E-state index in [0.717, 1.165) is 181 Å². The largest absolute Gasteiger partial charge is 0.506 e. The van der Waals surface area contributed by atoms with Crippen molar-refractivity contribution in [2.24, 2.45) is 0 Å². The van der Waals surface area contributed by atoms with Crippen LogP contribution in [-0.4, -0.2) is 208 Å². The smallest absolute Gasteiger partial charge is 0.413 e. The summed E-state index contributed by atoms with van der Waals surface area (Å²) in [6.45, 7) is 14.1.